The molecule has 2 rings (SSSR count). The first kappa shape index (κ1) is 14.3. The Morgan fingerprint density at radius 3 is 1.80 bits per heavy atom. The number of Topliss-reactive ketones (excluding diaryl/α,β-unsaturated/α-hetero) is 2. The summed E-state index contributed by atoms with van der Waals surface area (Å²) in [4.78, 5) is 23.8. The molecule has 1 aromatic carbocycles. The van der Waals surface area contributed by atoms with Crippen LogP contribution in [0.5, 0.6) is 0 Å². The molecule has 0 spiro atoms. The van der Waals surface area contributed by atoms with Gasteiger partial charge in [0.15, 0.2) is 11.6 Å². The molecule has 1 heterocycles. The minimum absolute atomic E-state index is 0.0674. The molecule has 3 nitrogen and oxygen atoms in total. The van der Waals surface area contributed by atoms with E-state index in [1.54, 1.807) is 0 Å². The fraction of sp³-hybridized carbons (Fsp3) is 0.294. The number of benzene rings is 1. The van der Waals surface area contributed by atoms with Crippen molar-refractivity contribution in [2.24, 2.45) is 0 Å². The summed E-state index contributed by atoms with van der Waals surface area (Å²) < 4.78 is 1.99. The summed E-state index contributed by atoms with van der Waals surface area (Å²) in [6.45, 7) is 8.82. The lowest BCUT2D eigenvalue weighted by Gasteiger charge is -2.10. The van der Waals surface area contributed by atoms with E-state index in [0.717, 1.165) is 22.6 Å². The largest absolute Gasteiger partial charge is 0.317 e. The zero-order valence-corrected chi connectivity index (χ0v) is 12.6. The molecule has 0 aliphatic rings. The molecule has 1 aromatic heterocycles. The van der Waals surface area contributed by atoms with Crippen LogP contribution in [0.2, 0.25) is 0 Å². The summed E-state index contributed by atoms with van der Waals surface area (Å²) in [5, 5.41) is 0. The van der Waals surface area contributed by atoms with Crippen molar-refractivity contribution in [1.29, 1.82) is 0 Å². The third-order valence-corrected chi connectivity index (χ3v) is 3.61. The van der Waals surface area contributed by atoms with E-state index >= 15 is 0 Å². The lowest BCUT2D eigenvalue weighted by atomic mass is 10.0. The van der Waals surface area contributed by atoms with Gasteiger partial charge in [0.05, 0.1) is 0 Å². The van der Waals surface area contributed by atoms with Crippen LogP contribution >= 0.6 is 0 Å². The molecule has 0 bridgehead atoms. The van der Waals surface area contributed by atoms with Crippen LogP contribution in [0, 0.1) is 20.8 Å². The first-order valence-corrected chi connectivity index (χ1v) is 6.65. The van der Waals surface area contributed by atoms with Crippen molar-refractivity contribution in [3.8, 4) is 5.69 Å². The molecule has 0 saturated carbocycles. The molecular weight excluding hydrogens is 250 g/mol. The molecule has 0 atom stereocenters. The normalized spacial score (nSPS) is 10.7. The number of nitrogens with zero attached hydrogens (tertiary/aromatic N) is 1. The van der Waals surface area contributed by atoms with Crippen molar-refractivity contribution in [1.82, 2.24) is 4.57 Å². The van der Waals surface area contributed by atoms with E-state index in [1.807, 2.05) is 49.6 Å². The maximum absolute atomic E-state index is 11.9. The van der Waals surface area contributed by atoms with Gasteiger partial charge in [0.1, 0.15) is 0 Å². The molecule has 0 fully saturated rings. The van der Waals surface area contributed by atoms with Crippen LogP contribution < -0.4 is 0 Å². The van der Waals surface area contributed by atoms with E-state index in [9.17, 15) is 9.59 Å². The lowest BCUT2D eigenvalue weighted by molar-refractivity contribution is 0.0981. The summed E-state index contributed by atoms with van der Waals surface area (Å²) in [5.74, 6) is -0.135. The second kappa shape index (κ2) is 5.08. The van der Waals surface area contributed by atoms with Crippen molar-refractivity contribution >= 4 is 11.6 Å². The molecule has 0 saturated heterocycles. The van der Waals surface area contributed by atoms with Crippen LogP contribution in [-0.4, -0.2) is 16.1 Å². The number of carbonyl (C=O) groups is 2. The molecule has 0 amide bonds. The molecule has 20 heavy (non-hydrogen) atoms. The molecule has 104 valence electrons. The smallest absolute Gasteiger partial charge is 0.162 e. The zero-order chi connectivity index (χ0) is 15.0. The molecule has 0 aliphatic carbocycles. The van der Waals surface area contributed by atoms with Crippen molar-refractivity contribution < 1.29 is 9.59 Å². The van der Waals surface area contributed by atoms with Crippen molar-refractivity contribution in [3.05, 3.63) is 52.3 Å². The van der Waals surface area contributed by atoms with Gasteiger partial charge in [0.2, 0.25) is 0 Å². The number of rotatable bonds is 3. The Bertz CT molecular complexity index is 671. The number of aromatic nitrogens is 1. The monoisotopic (exact) mass is 269 g/mol. The SMILES string of the molecule is CC(=O)c1c(C(C)=O)c(C)n(-c2cccc(C)c2)c1C. The first-order chi connectivity index (χ1) is 9.34. The highest BCUT2D eigenvalue weighted by Gasteiger charge is 2.23. The van der Waals surface area contributed by atoms with E-state index in [-0.39, 0.29) is 11.6 Å². The number of hydrogen-bond acceptors (Lipinski definition) is 2. The Morgan fingerprint density at radius 1 is 0.900 bits per heavy atom. The average Bonchev–Trinajstić information content (AvgIpc) is 2.60. The Labute approximate surface area is 119 Å². The number of carbonyl (C=O) groups excluding carboxylic acids is 2. The average molecular weight is 269 g/mol. The highest BCUT2D eigenvalue weighted by Crippen LogP contribution is 2.27. The predicted molar refractivity (Wildman–Crippen MR) is 80.0 cm³/mol. The van der Waals surface area contributed by atoms with Gasteiger partial charge in [-0.1, -0.05) is 12.1 Å². The summed E-state index contributed by atoms with van der Waals surface area (Å²) in [5.41, 5.74) is 4.85. The van der Waals surface area contributed by atoms with Gasteiger partial charge in [-0.15, -0.1) is 0 Å². The minimum atomic E-state index is -0.0674. The van der Waals surface area contributed by atoms with Crippen LogP contribution in [0.4, 0.5) is 0 Å². The Balaban J connectivity index is 2.82. The predicted octanol–water partition coefficient (Wildman–Crippen LogP) is 3.81. The quantitative estimate of drug-likeness (QED) is 0.795. The van der Waals surface area contributed by atoms with Gasteiger partial charge in [0.25, 0.3) is 0 Å². The van der Waals surface area contributed by atoms with Gasteiger partial charge in [-0.05, 0) is 52.3 Å². The van der Waals surface area contributed by atoms with Gasteiger partial charge in [-0.2, -0.15) is 0 Å². The maximum Gasteiger partial charge on any atom is 0.162 e. The van der Waals surface area contributed by atoms with E-state index in [2.05, 4.69) is 0 Å². The molecule has 0 N–H and O–H groups in total. The Morgan fingerprint density at radius 2 is 1.40 bits per heavy atom. The number of ketones is 2. The van der Waals surface area contributed by atoms with E-state index < -0.39 is 0 Å². The van der Waals surface area contributed by atoms with Gasteiger partial charge in [-0.25, -0.2) is 0 Å². The van der Waals surface area contributed by atoms with E-state index in [1.165, 1.54) is 13.8 Å². The van der Waals surface area contributed by atoms with Crippen molar-refractivity contribution in [3.63, 3.8) is 0 Å². The van der Waals surface area contributed by atoms with E-state index in [0.29, 0.717) is 11.1 Å². The van der Waals surface area contributed by atoms with Crippen LogP contribution in [0.15, 0.2) is 24.3 Å². The minimum Gasteiger partial charge on any atom is -0.317 e. The fourth-order valence-electron chi connectivity index (χ4n) is 2.85. The first-order valence-electron chi connectivity index (χ1n) is 6.65. The molecule has 0 radical (unpaired) electrons. The van der Waals surface area contributed by atoms with Crippen molar-refractivity contribution in [2.75, 3.05) is 0 Å². The number of hydrogen-bond donors (Lipinski definition) is 0. The highest BCUT2D eigenvalue weighted by molar-refractivity contribution is 6.09. The van der Waals surface area contributed by atoms with Crippen LogP contribution in [-0.2, 0) is 0 Å². The van der Waals surface area contributed by atoms with Gasteiger partial charge in [-0.3, -0.25) is 9.59 Å². The molecular formula is C17H19NO2. The topological polar surface area (TPSA) is 39.1 Å². The van der Waals surface area contributed by atoms with Crippen LogP contribution in [0.3, 0.4) is 0 Å². The van der Waals surface area contributed by atoms with Gasteiger partial charge >= 0.3 is 0 Å². The molecule has 2 aromatic rings. The summed E-state index contributed by atoms with van der Waals surface area (Å²) >= 11 is 0. The summed E-state index contributed by atoms with van der Waals surface area (Å²) in [6, 6.07) is 8.04. The Kier molecular flexibility index (Phi) is 3.62. The number of aryl methyl sites for hydroxylation is 1. The van der Waals surface area contributed by atoms with E-state index in [4.69, 9.17) is 0 Å². The van der Waals surface area contributed by atoms with Crippen LogP contribution in [0.1, 0.15) is 51.5 Å². The lowest BCUT2D eigenvalue weighted by Crippen LogP contribution is -2.02. The second-order valence-electron chi connectivity index (χ2n) is 5.21. The summed E-state index contributed by atoms with van der Waals surface area (Å²) in [7, 11) is 0. The molecule has 3 heteroatoms. The van der Waals surface area contributed by atoms with Crippen molar-refractivity contribution in [2.45, 2.75) is 34.6 Å². The second-order valence-corrected chi connectivity index (χ2v) is 5.21. The standard InChI is InChI=1S/C17H19NO2/c1-10-7-6-8-15(9-10)18-11(2)16(13(4)19)17(12(18)3)14(5)20/h6-9H,1-5H3. The molecule has 0 aliphatic heterocycles. The third-order valence-electron chi connectivity index (χ3n) is 3.61. The zero-order valence-electron chi connectivity index (χ0n) is 12.6. The Hall–Kier alpha value is -2.16. The molecule has 0 unspecified atom stereocenters. The highest BCUT2D eigenvalue weighted by atomic mass is 16.1. The third kappa shape index (κ3) is 2.20. The summed E-state index contributed by atoms with van der Waals surface area (Å²) in [6.07, 6.45) is 0. The van der Waals surface area contributed by atoms with Crippen LogP contribution in [0.25, 0.3) is 5.69 Å². The van der Waals surface area contributed by atoms with Gasteiger partial charge < -0.3 is 4.57 Å². The van der Waals surface area contributed by atoms with Gasteiger partial charge in [0, 0.05) is 28.2 Å². The fourth-order valence-corrected chi connectivity index (χ4v) is 2.85. The maximum atomic E-state index is 11.9.